The summed E-state index contributed by atoms with van der Waals surface area (Å²) in [6.07, 6.45) is 2.31. The molecule has 4 saturated heterocycles. The Morgan fingerprint density at radius 3 is 1.46 bits per heavy atom. The maximum Gasteiger partial charge on any atom is 0.409 e. The number of carbonyl (C=O) groups is 4. The van der Waals surface area contributed by atoms with E-state index in [4.69, 9.17) is 49.3 Å². The second-order valence-electron chi connectivity index (χ2n) is 21.9. The maximum absolute atomic E-state index is 14.4. The van der Waals surface area contributed by atoms with E-state index in [9.17, 15) is 36.4 Å². The minimum atomic E-state index is -4.84. The van der Waals surface area contributed by atoms with Crippen molar-refractivity contribution in [3.05, 3.63) is 159 Å². The molecule has 21 nitrogen and oxygen atoms in total. The summed E-state index contributed by atoms with van der Waals surface area (Å²) in [6.45, 7) is 1.72. The van der Waals surface area contributed by atoms with Crippen LogP contribution < -0.4 is 14.6 Å². The third kappa shape index (κ3) is 8.45. The number of nitrogens with two attached hydrogens (primary N) is 1. The lowest BCUT2D eigenvalue weighted by Gasteiger charge is -2.32. The summed E-state index contributed by atoms with van der Waals surface area (Å²) < 4.78 is 83.1. The molecular weight excluding hydrogens is 1080 g/mol. The number of carbonyl (C=O) groups excluding carboxylic acids is 4. The first-order valence-electron chi connectivity index (χ1n) is 27.1. The van der Waals surface area contributed by atoms with E-state index in [1.165, 1.54) is 38.9 Å². The fourth-order valence-electron chi connectivity index (χ4n) is 14.6. The zero-order valence-electron chi connectivity index (χ0n) is 45.4. The van der Waals surface area contributed by atoms with Gasteiger partial charge in [-0.25, -0.2) is 28.0 Å². The third-order valence-electron chi connectivity index (χ3n) is 18.4. The number of hydrogen-bond acceptors (Lipinski definition) is 16. The van der Waals surface area contributed by atoms with Gasteiger partial charge < -0.3 is 48.5 Å². The minimum absolute atomic E-state index is 0.121. The zero-order chi connectivity index (χ0) is 57.5. The van der Waals surface area contributed by atoms with Gasteiger partial charge in [0.25, 0.3) is 0 Å². The van der Waals surface area contributed by atoms with Crippen LogP contribution >= 0.6 is 0 Å². The number of fused-ring (bicyclic) bond motifs is 12. The van der Waals surface area contributed by atoms with E-state index in [0.29, 0.717) is 68.6 Å². The number of azo groups is 2. The van der Waals surface area contributed by atoms with Crippen LogP contribution in [0, 0.1) is 11.6 Å². The number of amides is 4. The minimum Gasteiger partial charge on any atom is -0.453 e. The van der Waals surface area contributed by atoms with Crippen LogP contribution in [0.2, 0.25) is 0 Å². The predicted octanol–water partition coefficient (Wildman–Crippen LogP) is 8.46. The maximum atomic E-state index is 14.4. The van der Waals surface area contributed by atoms with E-state index < -0.39 is 68.1 Å². The molecule has 24 heteroatoms. The topological polar surface area (TPSA) is 249 Å². The molecule has 4 aliphatic carbocycles. The van der Waals surface area contributed by atoms with Crippen molar-refractivity contribution >= 4 is 46.1 Å². The van der Waals surface area contributed by atoms with Crippen molar-refractivity contribution < 1.29 is 59.5 Å². The lowest BCUT2D eigenvalue weighted by atomic mass is 9.89. The van der Waals surface area contributed by atoms with E-state index in [1.807, 2.05) is 54.6 Å². The average molecular weight is 1140 g/mol. The Morgan fingerprint density at radius 2 is 0.939 bits per heavy atom. The predicted molar refractivity (Wildman–Crippen MR) is 290 cm³/mol. The molecule has 428 valence electrons. The number of nitrogens with zero attached hydrogens (tertiary/aromatic N) is 8. The van der Waals surface area contributed by atoms with Crippen molar-refractivity contribution in [3.63, 3.8) is 0 Å². The highest BCUT2D eigenvalue weighted by Crippen LogP contribution is 2.55. The molecule has 5 aromatic carbocycles. The van der Waals surface area contributed by atoms with Gasteiger partial charge in [-0.15, -0.1) is 0 Å². The molecule has 0 aromatic heterocycles. The van der Waals surface area contributed by atoms with Crippen molar-refractivity contribution in [3.8, 4) is 5.75 Å². The molecule has 4 heterocycles. The van der Waals surface area contributed by atoms with Gasteiger partial charge in [0.05, 0.1) is 75.1 Å². The fraction of sp³-hybridized carbons (Fsp3) is 0.414. The summed E-state index contributed by atoms with van der Waals surface area (Å²) in [4.78, 5) is 57.0. The van der Waals surface area contributed by atoms with Crippen LogP contribution in [-0.4, -0.2) is 131 Å². The first-order valence-corrected chi connectivity index (χ1v) is 28.5. The van der Waals surface area contributed by atoms with Crippen LogP contribution in [-0.2, 0) is 77.1 Å². The zero-order valence-corrected chi connectivity index (χ0v) is 46.2. The highest BCUT2D eigenvalue weighted by Gasteiger charge is 2.60. The molecule has 4 fully saturated rings. The van der Waals surface area contributed by atoms with Crippen LogP contribution in [0.4, 0.5) is 39.3 Å². The summed E-state index contributed by atoms with van der Waals surface area (Å²) >= 11 is 0. The Balaban J connectivity index is 0.000000169. The molecule has 8 atom stereocenters. The first kappa shape index (κ1) is 54.5. The second-order valence-corrected chi connectivity index (χ2v) is 23.2. The molecular formula is C58H60F2N10O11S. The van der Waals surface area contributed by atoms with Gasteiger partial charge in [-0.2, -0.15) is 33.6 Å². The van der Waals surface area contributed by atoms with Crippen molar-refractivity contribution in [2.75, 3.05) is 54.6 Å². The molecule has 82 heavy (non-hydrogen) atoms. The number of ether oxygens (including phenoxy) is 4. The first-order chi connectivity index (χ1) is 39.5. The molecule has 0 saturated carbocycles. The number of rotatable bonds is 8. The molecule has 0 unspecified atom stereocenters. The van der Waals surface area contributed by atoms with E-state index >= 15 is 0 Å². The Labute approximate surface area is 471 Å². The SMILES string of the molecule is COC(=O)N1CC[C@]2(N=Nc3cccc4c3C[C@@H]3N(C(=O)OC)CC[C@]43N)c3ccccc3C[C@H]12.COC(=O)N1CC[C@]2(N=Nc3cccc4c3C[C@@H]3N(C(=O)OC)CC[C@]43NS(=O)(=O)Oc3c(F)cccc3F)c3ccccc3C[C@H]12. The lowest BCUT2D eigenvalue weighted by Crippen LogP contribution is -2.53. The van der Waals surface area contributed by atoms with Gasteiger partial charge in [0.1, 0.15) is 11.1 Å². The number of hydrogen-bond donors (Lipinski definition) is 2. The highest BCUT2D eigenvalue weighted by molar-refractivity contribution is 7.85. The number of methoxy groups -OCH3 is 4. The quantitative estimate of drug-likeness (QED) is 0.110. The van der Waals surface area contributed by atoms with Gasteiger partial charge in [-0.05, 0) is 120 Å². The van der Waals surface area contributed by atoms with Crippen molar-refractivity contribution in [1.82, 2.24) is 24.3 Å². The Morgan fingerprint density at radius 1 is 0.524 bits per heavy atom. The van der Waals surface area contributed by atoms with Crippen LogP contribution in [0.25, 0.3) is 0 Å². The average Bonchev–Trinajstić information content (AvgIpc) is 4.18. The molecule has 4 aliphatic heterocycles. The van der Waals surface area contributed by atoms with E-state index in [-0.39, 0.29) is 49.7 Å². The molecule has 13 rings (SSSR count). The summed E-state index contributed by atoms with van der Waals surface area (Å²) in [5, 5.41) is 19.5. The summed E-state index contributed by atoms with van der Waals surface area (Å²) in [5.41, 5.74) is 12.2. The van der Waals surface area contributed by atoms with Gasteiger partial charge in [0.15, 0.2) is 11.6 Å². The number of nitrogens with one attached hydrogen (secondary N) is 1. The van der Waals surface area contributed by atoms with Gasteiger partial charge in [-0.1, -0.05) is 78.9 Å². The monoisotopic (exact) mass is 1140 g/mol. The molecule has 0 radical (unpaired) electrons. The molecule has 0 spiro atoms. The fourth-order valence-corrected chi connectivity index (χ4v) is 15.9. The molecule has 4 amide bonds. The van der Waals surface area contributed by atoms with Gasteiger partial charge >= 0.3 is 34.7 Å². The van der Waals surface area contributed by atoms with Crippen molar-refractivity contribution in [1.29, 1.82) is 0 Å². The third-order valence-corrected chi connectivity index (χ3v) is 19.4. The number of benzene rings is 5. The Kier molecular flexibility index (Phi) is 13.6. The standard InChI is InChI=1S/C32H31F2N5O7S.C26H29N5O4/c1-44-29(40)38-15-13-31(21-8-4-3-7-19(21)17-26(31)38)36-35-25-12-5-9-22-20(25)18-27-32(22,14-16-39(27)30(41)45-2)37-47(42,43)46-28-23(33)10-6-11-24(28)34;1-34-23(32)30-12-10-25(27)19-8-5-9-20(17(19)15-21(25)30)28-29-26-11-13-31(24(33)35-2)22(26)14-16-6-3-4-7-18(16)26/h3-12,26-27,37H,13-18H2,1-2H3;3-9,21-22H,10-15,27H2,1-2H3/t26-,27-,31-,32-;21-,22-,25-,26-/m00/s1. The Hall–Kier alpha value is -8.09. The number of likely N-dealkylation sites (tertiary alicyclic amines) is 4. The van der Waals surface area contributed by atoms with Crippen LogP contribution in [0.5, 0.6) is 5.75 Å². The second kappa shape index (κ2) is 20.4. The molecule has 5 aromatic rings. The highest BCUT2D eigenvalue weighted by atomic mass is 32.2. The van der Waals surface area contributed by atoms with E-state index in [2.05, 4.69) is 16.9 Å². The molecule has 8 aliphatic rings. The van der Waals surface area contributed by atoms with Crippen LogP contribution in [0.3, 0.4) is 0 Å². The van der Waals surface area contributed by atoms with E-state index in [1.54, 1.807) is 32.9 Å². The largest absolute Gasteiger partial charge is 0.453 e. The van der Waals surface area contributed by atoms with Gasteiger partial charge in [0.2, 0.25) is 5.75 Å². The van der Waals surface area contributed by atoms with Gasteiger partial charge in [-0.3, -0.25) is 0 Å². The summed E-state index contributed by atoms with van der Waals surface area (Å²) in [6, 6.07) is 28.7. The smallest absolute Gasteiger partial charge is 0.409 e. The van der Waals surface area contributed by atoms with Gasteiger partial charge in [0, 0.05) is 26.2 Å². The summed E-state index contributed by atoms with van der Waals surface area (Å²) in [5.74, 6) is -3.45. The normalized spacial score (nSPS) is 27.7. The van der Waals surface area contributed by atoms with Crippen LogP contribution in [0.15, 0.2) is 124 Å². The van der Waals surface area contributed by atoms with Crippen molar-refractivity contribution in [2.45, 2.75) is 97.7 Å². The molecule has 0 bridgehead atoms. The lowest BCUT2D eigenvalue weighted by molar-refractivity contribution is 0.111. The van der Waals surface area contributed by atoms with Crippen molar-refractivity contribution in [2.24, 2.45) is 26.2 Å². The molecule has 3 N–H and O–H groups in total. The van der Waals surface area contributed by atoms with E-state index in [0.717, 1.165) is 58.1 Å². The van der Waals surface area contributed by atoms with Crippen LogP contribution in [0.1, 0.15) is 70.2 Å². The Bertz CT molecular complexity index is 3610. The number of halogens is 2. The summed E-state index contributed by atoms with van der Waals surface area (Å²) in [7, 11) is 0.544. The number of para-hydroxylation sites is 1.